The molecule has 0 aliphatic carbocycles. The van der Waals surface area contributed by atoms with Gasteiger partial charge in [-0.1, -0.05) is 271 Å². The summed E-state index contributed by atoms with van der Waals surface area (Å²) in [5.74, 6) is 1.91. The summed E-state index contributed by atoms with van der Waals surface area (Å²) < 4.78 is 5.94. The Morgan fingerprint density at radius 1 is 0.475 bits per heavy atom. The third-order valence-electron chi connectivity index (χ3n) is 22.2. The number of nitrogens with zero attached hydrogens (tertiary/aromatic N) is 2. The first kappa shape index (κ1) is 75.0. The van der Waals surface area contributed by atoms with Gasteiger partial charge >= 0.3 is 0 Å². The van der Waals surface area contributed by atoms with Crippen LogP contribution < -0.4 is 26.0 Å². The fourth-order valence-corrected chi connectivity index (χ4v) is 17.8. The van der Waals surface area contributed by atoms with Crippen molar-refractivity contribution in [2.24, 2.45) is 11.8 Å². The molecule has 5 atom stereocenters. The Bertz CT molecular complexity index is 4050. The van der Waals surface area contributed by atoms with Crippen LogP contribution in [0.3, 0.4) is 0 Å². The number of aromatic nitrogens is 1. The lowest BCUT2D eigenvalue weighted by Gasteiger charge is -2.52. The third-order valence-corrected chi connectivity index (χ3v) is 24.6. The van der Waals surface area contributed by atoms with Crippen molar-refractivity contribution in [3.8, 4) is 50.3 Å². The monoisotopic (exact) mass is 1370 g/mol. The lowest BCUT2D eigenvalue weighted by atomic mass is 9.72. The molecule has 0 radical (unpaired) electrons. The van der Waals surface area contributed by atoms with Gasteiger partial charge in [0.15, 0.2) is 0 Å². The van der Waals surface area contributed by atoms with E-state index in [0.717, 1.165) is 75.7 Å². The highest BCUT2D eigenvalue weighted by Gasteiger charge is 2.44. The number of carbonyl (C=O) groups excluding carboxylic acids is 1. The van der Waals surface area contributed by atoms with Gasteiger partial charge in [0.05, 0.1) is 18.7 Å². The predicted octanol–water partition coefficient (Wildman–Crippen LogP) is 23.6. The zero-order valence-electron chi connectivity index (χ0n) is 66.6. The van der Waals surface area contributed by atoms with Gasteiger partial charge in [0.2, 0.25) is 0 Å². The summed E-state index contributed by atoms with van der Waals surface area (Å²) in [7, 11) is 0.125. The fourth-order valence-electron chi connectivity index (χ4n) is 15.2. The summed E-state index contributed by atoms with van der Waals surface area (Å²) in [5.41, 5.74) is 21.5. The fraction of sp³-hybridized carbons (Fsp3) is 0.453. The number of methoxy groups -OCH3 is 1. The topological polar surface area (TPSA) is 54.5 Å². The average Bonchev–Trinajstić information content (AvgIpc) is 0.756. The van der Waals surface area contributed by atoms with E-state index < -0.39 is 7.92 Å². The van der Waals surface area contributed by atoms with Crippen molar-refractivity contribution in [2.75, 3.05) is 20.2 Å². The molecule has 101 heavy (non-hydrogen) atoms. The zero-order chi connectivity index (χ0) is 73.6. The molecule has 1 amide bonds. The molecule has 5 nitrogen and oxygen atoms in total. The number of benzene rings is 8. The second-order valence-electron chi connectivity index (χ2n) is 38.3. The van der Waals surface area contributed by atoms with E-state index >= 15 is 4.79 Å². The maximum atomic E-state index is 16.9. The van der Waals surface area contributed by atoms with Crippen LogP contribution in [0.4, 0.5) is 0 Å². The van der Waals surface area contributed by atoms with Gasteiger partial charge in [-0.05, 0) is 260 Å². The molecule has 1 unspecified atom stereocenters. The van der Waals surface area contributed by atoms with Gasteiger partial charge in [-0.3, -0.25) is 14.7 Å². The first-order chi connectivity index (χ1) is 46.8. The van der Waals surface area contributed by atoms with Gasteiger partial charge in [0.1, 0.15) is 5.75 Å². The van der Waals surface area contributed by atoms with Crippen LogP contribution in [-0.2, 0) is 43.3 Å². The lowest BCUT2D eigenvalue weighted by molar-refractivity contribution is -0.0152. The van der Waals surface area contributed by atoms with Crippen LogP contribution in [0.5, 0.6) is 5.75 Å². The summed E-state index contributed by atoms with van der Waals surface area (Å²) in [6, 6.07) is 61.3. The average molecular weight is 1370 g/mol. The molecule has 0 spiro atoms. The number of fused-ring (bicyclic) bond motifs is 4. The molecule has 3 fully saturated rings. The van der Waals surface area contributed by atoms with Crippen molar-refractivity contribution in [2.45, 2.75) is 248 Å². The van der Waals surface area contributed by atoms with Gasteiger partial charge in [-0.15, -0.1) is 0 Å². The summed E-state index contributed by atoms with van der Waals surface area (Å²) in [4.78, 5) is 24.5. The maximum absolute atomic E-state index is 16.9. The Balaban J connectivity index is 1.28. The molecule has 8 aromatic carbocycles. The molecule has 6 heteroatoms. The normalized spacial score (nSPS) is 17.6. The molecule has 3 aliphatic rings. The summed E-state index contributed by atoms with van der Waals surface area (Å²) in [5, 5.41) is 8.30. The molecule has 9 aromatic rings. The van der Waals surface area contributed by atoms with E-state index in [4.69, 9.17) is 9.72 Å². The summed E-state index contributed by atoms with van der Waals surface area (Å²) in [6.45, 7) is 60.7. The number of amides is 1. The van der Waals surface area contributed by atoms with Crippen molar-refractivity contribution in [3.63, 3.8) is 0 Å². The standard InChI is InChI=1S/C95H120N3O2P/c1-27-59-58-98-37-35-60(59)52-84(98)86(80-34-36-96-83-33-32-77(100-26)57-82(80)83)97-87(99)81-30-28-29-31-85(81)101(78-48-61(65-40-69(88(2,3)4)53-70(41-65)89(5,6)7)38-62(49-78)66-42-71(90(8,9)10)54-72(43-66)91(11,12)13)79-50-63(67-44-73(92(14,15)16)55-74(45-67)93(17,18)19)39-64(51-79)68-46-75(94(20,21)22)56-76(47-68)95(23,24)25/h28-34,36,38-51,53-57,59-60,84,86H,27,35,37,52,58H2,1-26H3,(H,97,99)/t59-,60-,84+,86+/m0/s1. The Kier molecular flexibility index (Phi) is 20.4. The summed E-state index contributed by atoms with van der Waals surface area (Å²) >= 11 is 0. The highest BCUT2D eigenvalue weighted by Crippen LogP contribution is 2.48. The minimum Gasteiger partial charge on any atom is -0.497 e. The number of ether oxygens (including phenoxy) is 1. The molecule has 3 aliphatic heterocycles. The van der Waals surface area contributed by atoms with E-state index in [9.17, 15) is 0 Å². The molecule has 3 saturated heterocycles. The molecule has 0 saturated carbocycles. The number of nitrogens with one attached hydrogen (secondary N) is 1. The van der Waals surface area contributed by atoms with Gasteiger partial charge < -0.3 is 10.1 Å². The SMILES string of the molecule is CC[C@H]1CN2CC[C@H]1C[C@@H]2[C@H](NC(=O)c1ccccc1P(c1cc(-c2cc(C(C)(C)C)cc(C(C)(C)C)c2)cc(-c2cc(C(C)(C)C)cc(C(C)(C)C)c2)c1)c1cc(-c2cc(C(C)(C)C)cc(C(C)(C)C)c2)cc(-c2cc(C(C)(C)C)cc(C(C)(C)C)c2)c1)c1ccnc2ccc(OC)cc12. The van der Waals surface area contributed by atoms with E-state index in [1.165, 1.54) is 83.8 Å². The predicted molar refractivity (Wildman–Crippen MR) is 437 cm³/mol. The highest BCUT2D eigenvalue weighted by atomic mass is 31.1. The number of carbonyl (C=O) groups is 1. The van der Waals surface area contributed by atoms with Crippen molar-refractivity contribution in [3.05, 3.63) is 220 Å². The van der Waals surface area contributed by atoms with Crippen LogP contribution in [0.25, 0.3) is 55.4 Å². The van der Waals surface area contributed by atoms with Crippen LogP contribution in [0.1, 0.15) is 259 Å². The molecule has 2 bridgehead atoms. The second kappa shape index (κ2) is 27.5. The van der Waals surface area contributed by atoms with Gasteiger partial charge in [-0.25, -0.2) is 0 Å². The molecular formula is C95H120N3O2P. The molecule has 532 valence electrons. The first-order valence-corrected chi connectivity index (χ1v) is 39.0. The van der Waals surface area contributed by atoms with E-state index in [2.05, 4.69) is 335 Å². The quantitative estimate of drug-likeness (QED) is 0.117. The third kappa shape index (κ3) is 16.4. The van der Waals surface area contributed by atoms with Crippen molar-refractivity contribution in [1.29, 1.82) is 0 Å². The Morgan fingerprint density at radius 3 is 1.18 bits per heavy atom. The van der Waals surface area contributed by atoms with Gasteiger partial charge in [0, 0.05) is 29.7 Å². The van der Waals surface area contributed by atoms with Crippen molar-refractivity contribution >= 4 is 40.6 Å². The van der Waals surface area contributed by atoms with Crippen LogP contribution >= 0.6 is 7.92 Å². The van der Waals surface area contributed by atoms with Crippen LogP contribution in [0, 0.1) is 11.8 Å². The Labute approximate surface area is 611 Å². The number of hydrogen-bond acceptors (Lipinski definition) is 4. The minimum absolute atomic E-state index is 0.0748. The van der Waals surface area contributed by atoms with E-state index in [-0.39, 0.29) is 61.3 Å². The summed E-state index contributed by atoms with van der Waals surface area (Å²) in [6.07, 6.45) is 5.28. The van der Waals surface area contributed by atoms with E-state index in [1.807, 2.05) is 12.3 Å². The van der Waals surface area contributed by atoms with Crippen LogP contribution in [0.15, 0.2) is 164 Å². The minimum atomic E-state index is -1.61. The largest absolute Gasteiger partial charge is 0.497 e. The second-order valence-corrected chi connectivity index (χ2v) is 40.5. The molecule has 4 heterocycles. The number of hydrogen-bond donors (Lipinski definition) is 1. The first-order valence-electron chi connectivity index (χ1n) is 37.7. The highest BCUT2D eigenvalue weighted by molar-refractivity contribution is 7.80. The van der Waals surface area contributed by atoms with Gasteiger partial charge in [-0.2, -0.15) is 0 Å². The number of rotatable bonds is 13. The van der Waals surface area contributed by atoms with E-state index in [0.29, 0.717) is 17.4 Å². The Hall–Kier alpha value is -7.17. The Morgan fingerprint density at radius 2 is 0.842 bits per heavy atom. The van der Waals surface area contributed by atoms with Crippen LogP contribution in [-0.4, -0.2) is 42.0 Å². The molecular weight excluding hydrogens is 1250 g/mol. The number of pyridine rings is 1. The van der Waals surface area contributed by atoms with Gasteiger partial charge in [0.25, 0.3) is 5.91 Å². The molecule has 1 N–H and O–H groups in total. The smallest absolute Gasteiger partial charge is 0.252 e. The van der Waals surface area contributed by atoms with Crippen molar-refractivity contribution in [1.82, 2.24) is 15.2 Å². The van der Waals surface area contributed by atoms with E-state index in [1.54, 1.807) is 7.11 Å². The van der Waals surface area contributed by atoms with Crippen LogP contribution in [0.2, 0.25) is 0 Å². The zero-order valence-corrected chi connectivity index (χ0v) is 67.5. The van der Waals surface area contributed by atoms with Crippen molar-refractivity contribution < 1.29 is 9.53 Å². The lowest BCUT2D eigenvalue weighted by Crippen LogP contribution is -2.57. The molecule has 1 aromatic heterocycles. The molecule has 12 rings (SSSR count). The number of piperidine rings is 3. The maximum Gasteiger partial charge on any atom is 0.252 e.